The maximum atomic E-state index is 13.2. The van der Waals surface area contributed by atoms with Crippen LogP contribution in [0.15, 0.2) is 18.2 Å². The number of aliphatic hydroxyl groups excluding tert-OH is 1. The van der Waals surface area contributed by atoms with Gasteiger partial charge in [0.2, 0.25) is 0 Å². The van der Waals surface area contributed by atoms with E-state index < -0.39 is 11.9 Å². The SMILES string of the molecule is Cc1ccc(C(=O)NCC(O)C(C)C)cc1F. The summed E-state index contributed by atoms with van der Waals surface area (Å²) in [6.07, 6.45) is -0.589. The first-order chi connectivity index (χ1) is 7.91. The van der Waals surface area contributed by atoms with Crippen molar-refractivity contribution in [1.29, 1.82) is 0 Å². The molecule has 1 amide bonds. The van der Waals surface area contributed by atoms with Crippen molar-refractivity contribution in [1.82, 2.24) is 5.32 Å². The van der Waals surface area contributed by atoms with Crippen LogP contribution in [0.5, 0.6) is 0 Å². The van der Waals surface area contributed by atoms with Crippen LogP contribution in [0.4, 0.5) is 4.39 Å². The number of hydrogen-bond acceptors (Lipinski definition) is 2. The number of aryl methyl sites for hydroxylation is 1. The van der Waals surface area contributed by atoms with Gasteiger partial charge in [0, 0.05) is 12.1 Å². The van der Waals surface area contributed by atoms with Gasteiger partial charge in [-0.25, -0.2) is 4.39 Å². The number of benzene rings is 1. The van der Waals surface area contributed by atoms with Gasteiger partial charge in [-0.05, 0) is 30.5 Å². The molecule has 0 radical (unpaired) electrons. The highest BCUT2D eigenvalue weighted by Gasteiger charge is 2.12. The summed E-state index contributed by atoms with van der Waals surface area (Å²) in [4.78, 5) is 11.6. The monoisotopic (exact) mass is 239 g/mol. The minimum atomic E-state index is -0.589. The van der Waals surface area contributed by atoms with Gasteiger partial charge in [-0.1, -0.05) is 19.9 Å². The molecule has 0 spiro atoms. The first-order valence-electron chi connectivity index (χ1n) is 5.64. The first kappa shape index (κ1) is 13.6. The average molecular weight is 239 g/mol. The van der Waals surface area contributed by atoms with Crippen LogP contribution in [0.3, 0.4) is 0 Å². The zero-order valence-electron chi connectivity index (χ0n) is 10.3. The third kappa shape index (κ3) is 3.82. The maximum Gasteiger partial charge on any atom is 0.251 e. The number of carbonyl (C=O) groups is 1. The summed E-state index contributed by atoms with van der Waals surface area (Å²) < 4.78 is 13.2. The van der Waals surface area contributed by atoms with Crippen LogP contribution in [0, 0.1) is 18.7 Å². The van der Waals surface area contributed by atoms with E-state index in [9.17, 15) is 14.3 Å². The number of halogens is 1. The number of nitrogens with one attached hydrogen (secondary N) is 1. The van der Waals surface area contributed by atoms with Crippen molar-refractivity contribution in [2.24, 2.45) is 5.92 Å². The highest BCUT2D eigenvalue weighted by molar-refractivity contribution is 5.94. The lowest BCUT2D eigenvalue weighted by atomic mass is 10.1. The largest absolute Gasteiger partial charge is 0.391 e. The Balaban J connectivity index is 2.61. The molecule has 1 unspecified atom stereocenters. The Morgan fingerprint density at radius 3 is 2.65 bits per heavy atom. The predicted octanol–water partition coefficient (Wildman–Crippen LogP) is 1.88. The summed E-state index contributed by atoms with van der Waals surface area (Å²) in [5.41, 5.74) is 0.771. The van der Waals surface area contributed by atoms with Gasteiger partial charge in [0.1, 0.15) is 5.82 Å². The molecule has 1 aromatic rings. The smallest absolute Gasteiger partial charge is 0.251 e. The second kappa shape index (κ2) is 5.77. The summed E-state index contributed by atoms with van der Waals surface area (Å²) in [6.45, 7) is 5.54. The molecule has 0 aliphatic heterocycles. The van der Waals surface area contributed by atoms with Gasteiger partial charge in [0.15, 0.2) is 0 Å². The fourth-order valence-corrected chi connectivity index (χ4v) is 1.27. The Hall–Kier alpha value is -1.42. The van der Waals surface area contributed by atoms with Crippen molar-refractivity contribution >= 4 is 5.91 Å². The molecule has 0 aliphatic rings. The van der Waals surface area contributed by atoms with Gasteiger partial charge in [-0.3, -0.25) is 4.79 Å². The molecule has 0 saturated heterocycles. The van der Waals surface area contributed by atoms with Crippen LogP contribution in [-0.2, 0) is 0 Å². The van der Waals surface area contributed by atoms with Crippen molar-refractivity contribution in [3.8, 4) is 0 Å². The van der Waals surface area contributed by atoms with E-state index >= 15 is 0 Å². The highest BCUT2D eigenvalue weighted by Crippen LogP contribution is 2.09. The van der Waals surface area contributed by atoms with Crippen molar-refractivity contribution in [3.05, 3.63) is 35.1 Å². The summed E-state index contributed by atoms with van der Waals surface area (Å²) in [7, 11) is 0. The van der Waals surface area contributed by atoms with Gasteiger partial charge in [0.05, 0.1) is 6.10 Å². The molecule has 2 N–H and O–H groups in total. The number of carbonyl (C=O) groups excluding carboxylic acids is 1. The molecule has 0 aromatic heterocycles. The van der Waals surface area contributed by atoms with Crippen molar-refractivity contribution in [2.75, 3.05) is 6.54 Å². The van der Waals surface area contributed by atoms with E-state index in [1.165, 1.54) is 6.07 Å². The molecule has 1 rings (SSSR count). The quantitative estimate of drug-likeness (QED) is 0.842. The molecule has 0 heterocycles. The third-order valence-electron chi connectivity index (χ3n) is 2.68. The lowest BCUT2D eigenvalue weighted by Gasteiger charge is -2.15. The fraction of sp³-hybridized carbons (Fsp3) is 0.462. The lowest BCUT2D eigenvalue weighted by molar-refractivity contribution is 0.0871. The number of rotatable bonds is 4. The molecule has 94 valence electrons. The summed E-state index contributed by atoms with van der Waals surface area (Å²) in [5, 5.41) is 12.1. The Bertz CT molecular complexity index is 404. The maximum absolute atomic E-state index is 13.2. The molecule has 0 saturated carbocycles. The van der Waals surface area contributed by atoms with Crippen molar-refractivity contribution in [3.63, 3.8) is 0 Å². The van der Waals surface area contributed by atoms with Gasteiger partial charge >= 0.3 is 0 Å². The molecule has 1 atom stereocenters. The summed E-state index contributed by atoms with van der Waals surface area (Å²) in [5.74, 6) is -0.698. The zero-order chi connectivity index (χ0) is 13.0. The second-order valence-electron chi connectivity index (χ2n) is 4.49. The van der Waals surface area contributed by atoms with E-state index in [2.05, 4.69) is 5.32 Å². The van der Waals surface area contributed by atoms with Crippen molar-refractivity contribution in [2.45, 2.75) is 26.9 Å². The minimum Gasteiger partial charge on any atom is -0.391 e. The third-order valence-corrected chi connectivity index (χ3v) is 2.68. The number of aliphatic hydroxyl groups is 1. The molecular weight excluding hydrogens is 221 g/mol. The second-order valence-corrected chi connectivity index (χ2v) is 4.49. The van der Waals surface area contributed by atoms with Gasteiger partial charge in [-0.15, -0.1) is 0 Å². The van der Waals surface area contributed by atoms with E-state index in [1.54, 1.807) is 19.1 Å². The van der Waals surface area contributed by atoms with E-state index in [0.29, 0.717) is 5.56 Å². The summed E-state index contributed by atoms with van der Waals surface area (Å²) in [6, 6.07) is 4.32. The molecule has 1 aromatic carbocycles. The minimum absolute atomic E-state index is 0.0741. The molecule has 0 fully saturated rings. The van der Waals surface area contributed by atoms with Crippen LogP contribution >= 0.6 is 0 Å². The molecule has 17 heavy (non-hydrogen) atoms. The van der Waals surface area contributed by atoms with Gasteiger partial charge < -0.3 is 10.4 Å². The molecule has 4 heteroatoms. The molecule has 3 nitrogen and oxygen atoms in total. The molecule has 0 aliphatic carbocycles. The van der Waals surface area contributed by atoms with E-state index in [1.807, 2.05) is 13.8 Å². The summed E-state index contributed by atoms with van der Waals surface area (Å²) >= 11 is 0. The lowest BCUT2D eigenvalue weighted by Crippen LogP contribution is -2.34. The normalized spacial score (nSPS) is 12.6. The molecule has 0 bridgehead atoms. The average Bonchev–Trinajstić information content (AvgIpc) is 2.28. The zero-order valence-corrected chi connectivity index (χ0v) is 10.3. The van der Waals surface area contributed by atoms with Crippen LogP contribution in [-0.4, -0.2) is 23.7 Å². The Morgan fingerprint density at radius 2 is 2.12 bits per heavy atom. The van der Waals surface area contributed by atoms with E-state index in [-0.39, 0.29) is 23.9 Å². The van der Waals surface area contributed by atoms with E-state index in [0.717, 1.165) is 0 Å². The standard InChI is InChI=1S/C13H18FNO2/c1-8(2)12(16)7-15-13(17)10-5-4-9(3)11(14)6-10/h4-6,8,12,16H,7H2,1-3H3,(H,15,17). The van der Waals surface area contributed by atoms with Crippen LogP contribution < -0.4 is 5.32 Å². The Morgan fingerprint density at radius 1 is 1.47 bits per heavy atom. The Kier molecular flexibility index (Phi) is 4.63. The van der Waals surface area contributed by atoms with E-state index in [4.69, 9.17) is 0 Å². The predicted molar refractivity (Wildman–Crippen MR) is 64.3 cm³/mol. The van der Waals surface area contributed by atoms with Crippen LogP contribution in [0.2, 0.25) is 0 Å². The van der Waals surface area contributed by atoms with Crippen LogP contribution in [0.25, 0.3) is 0 Å². The number of amides is 1. The van der Waals surface area contributed by atoms with Gasteiger partial charge in [-0.2, -0.15) is 0 Å². The fourth-order valence-electron chi connectivity index (χ4n) is 1.27. The first-order valence-corrected chi connectivity index (χ1v) is 5.64. The van der Waals surface area contributed by atoms with Gasteiger partial charge in [0.25, 0.3) is 5.91 Å². The topological polar surface area (TPSA) is 49.3 Å². The molecular formula is C13H18FNO2. The highest BCUT2D eigenvalue weighted by atomic mass is 19.1. The number of hydrogen-bond donors (Lipinski definition) is 2. The van der Waals surface area contributed by atoms with Crippen molar-refractivity contribution < 1.29 is 14.3 Å². The van der Waals surface area contributed by atoms with Crippen LogP contribution in [0.1, 0.15) is 29.8 Å². The Labute approximate surface area is 101 Å².